The zero-order valence-electron chi connectivity index (χ0n) is 10.4. The molecule has 4 N–H and O–H groups in total. The molecule has 1 atom stereocenters. The summed E-state index contributed by atoms with van der Waals surface area (Å²) >= 11 is 1.71. The summed E-state index contributed by atoms with van der Waals surface area (Å²) in [5, 5.41) is 2.73. The van der Waals surface area contributed by atoms with Gasteiger partial charge in [0, 0.05) is 18.0 Å². The Morgan fingerprint density at radius 2 is 2.39 bits per heavy atom. The van der Waals surface area contributed by atoms with Gasteiger partial charge in [0.15, 0.2) is 11.6 Å². The van der Waals surface area contributed by atoms with E-state index in [1.807, 2.05) is 13.8 Å². The molecular weight excluding hydrogens is 255 g/mol. The van der Waals surface area contributed by atoms with Gasteiger partial charge >= 0.3 is 0 Å². The van der Waals surface area contributed by atoms with Crippen molar-refractivity contribution in [3.63, 3.8) is 0 Å². The first-order valence-corrected chi connectivity index (χ1v) is 6.75. The summed E-state index contributed by atoms with van der Waals surface area (Å²) in [5.74, 6) is 5.52. The number of hydrazine groups is 1. The van der Waals surface area contributed by atoms with Crippen LogP contribution in [0.5, 0.6) is 0 Å². The number of carbonyl (C=O) groups excluding carboxylic acids is 1. The third-order valence-electron chi connectivity index (χ3n) is 2.22. The van der Waals surface area contributed by atoms with E-state index in [0.29, 0.717) is 0 Å². The van der Waals surface area contributed by atoms with Crippen LogP contribution in [-0.4, -0.2) is 28.4 Å². The lowest BCUT2D eigenvalue weighted by atomic mass is 10.2. The average Bonchev–Trinajstić information content (AvgIpc) is 2.36. The van der Waals surface area contributed by atoms with Gasteiger partial charge in [-0.05, 0) is 18.7 Å². The lowest BCUT2D eigenvalue weighted by molar-refractivity contribution is 0.0939. The van der Waals surface area contributed by atoms with Gasteiger partial charge in [0.25, 0.3) is 5.91 Å². The SMILES string of the molecule is CCSCC(C)NC(=O)c1ccnc(NN)c1F. The number of pyridine rings is 1. The minimum Gasteiger partial charge on any atom is -0.349 e. The van der Waals surface area contributed by atoms with Crippen LogP contribution in [0.2, 0.25) is 0 Å². The Morgan fingerprint density at radius 1 is 1.67 bits per heavy atom. The van der Waals surface area contributed by atoms with E-state index in [9.17, 15) is 9.18 Å². The molecule has 18 heavy (non-hydrogen) atoms. The summed E-state index contributed by atoms with van der Waals surface area (Å²) in [6, 6.07) is 1.30. The summed E-state index contributed by atoms with van der Waals surface area (Å²) in [6.07, 6.45) is 1.33. The normalized spacial score (nSPS) is 12.0. The molecule has 7 heteroatoms. The zero-order chi connectivity index (χ0) is 13.5. The topological polar surface area (TPSA) is 80.0 Å². The average molecular weight is 272 g/mol. The Labute approximate surface area is 110 Å². The van der Waals surface area contributed by atoms with E-state index in [1.165, 1.54) is 12.3 Å². The number of thioether (sulfide) groups is 1. The van der Waals surface area contributed by atoms with Crippen molar-refractivity contribution < 1.29 is 9.18 Å². The van der Waals surface area contributed by atoms with E-state index >= 15 is 0 Å². The highest BCUT2D eigenvalue weighted by Crippen LogP contribution is 2.14. The molecule has 0 aliphatic rings. The molecule has 1 aromatic heterocycles. The van der Waals surface area contributed by atoms with Crippen LogP contribution in [0, 0.1) is 5.82 Å². The summed E-state index contributed by atoms with van der Waals surface area (Å²) in [5.41, 5.74) is 2.04. The predicted octanol–water partition coefficient (Wildman–Crippen LogP) is 1.38. The molecule has 0 spiro atoms. The molecule has 0 aliphatic carbocycles. The van der Waals surface area contributed by atoms with Crippen LogP contribution in [0.1, 0.15) is 24.2 Å². The summed E-state index contributed by atoms with van der Waals surface area (Å²) < 4.78 is 13.8. The molecule has 0 saturated heterocycles. The maximum absolute atomic E-state index is 13.8. The van der Waals surface area contributed by atoms with Crippen LogP contribution in [0.3, 0.4) is 0 Å². The molecule has 0 aromatic carbocycles. The van der Waals surface area contributed by atoms with Crippen LogP contribution in [0.25, 0.3) is 0 Å². The molecule has 1 aromatic rings. The number of nitrogens with zero attached hydrogens (tertiary/aromatic N) is 1. The zero-order valence-corrected chi connectivity index (χ0v) is 11.2. The standard InChI is InChI=1S/C11H17FN4OS/c1-3-18-6-7(2)15-11(17)8-4-5-14-10(16-13)9(8)12/h4-5,7H,3,6,13H2,1-2H3,(H,14,16)(H,15,17). The molecule has 1 amide bonds. The van der Waals surface area contributed by atoms with E-state index in [4.69, 9.17) is 5.84 Å². The summed E-state index contributed by atoms with van der Waals surface area (Å²) in [7, 11) is 0. The van der Waals surface area contributed by atoms with Crippen LogP contribution >= 0.6 is 11.8 Å². The highest BCUT2D eigenvalue weighted by Gasteiger charge is 2.17. The maximum atomic E-state index is 13.8. The van der Waals surface area contributed by atoms with Gasteiger partial charge in [-0.1, -0.05) is 6.92 Å². The molecule has 0 fully saturated rings. The van der Waals surface area contributed by atoms with Crippen molar-refractivity contribution in [3.8, 4) is 0 Å². The van der Waals surface area contributed by atoms with Gasteiger partial charge in [-0.2, -0.15) is 11.8 Å². The molecule has 0 bridgehead atoms. The second-order valence-electron chi connectivity index (χ2n) is 3.70. The van der Waals surface area contributed by atoms with Gasteiger partial charge in [-0.3, -0.25) is 4.79 Å². The van der Waals surface area contributed by atoms with Gasteiger partial charge in [0.2, 0.25) is 0 Å². The van der Waals surface area contributed by atoms with E-state index in [0.717, 1.165) is 11.5 Å². The third-order valence-corrected chi connectivity index (χ3v) is 3.36. The molecule has 0 saturated carbocycles. The molecule has 5 nitrogen and oxygen atoms in total. The summed E-state index contributed by atoms with van der Waals surface area (Å²) in [6.45, 7) is 3.92. The van der Waals surface area contributed by atoms with Crippen molar-refractivity contribution in [1.82, 2.24) is 10.3 Å². The number of nitrogen functional groups attached to an aromatic ring is 1. The molecule has 1 heterocycles. The van der Waals surface area contributed by atoms with Gasteiger partial charge < -0.3 is 10.7 Å². The monoisotopic (exact) mass is 272 g/mol. The maximum Gasteiger partial charge on any atom is 0.254 e. The summed E-state index contributed by atoms with van der Waals surface area (Å²) in [4.78, 5) is 15.5. The van der Waals surface area contributed by atoms with Crippen molar-refractivity contribution in [1.29, 1.82) is 0 Å². The lowest BCUT2D eigenvalue weighted by Crippen LogP contribution is -2.35. The number of amides is 1. The molecule has 1 rings (SSSR count). The highest BCUT2D eigenvalue weighted by atomic mass is 32.2. The van der Waals surface area contributed by atoms with Crippen molar-refractivity contribution >= 4 is 23.5 Å². The fourth-order valence-corrected chi connectivity index (χ4v) is 2.03. The van der Waals surface area contributed by atoms with Crippen molar-refractivity contribution in [2.24, 2.45) is 5.84 Å². The van der Waals surface area contributed by atoms with Gasteiger partial charge in [-0.15, -0.1) is 0 Å². The number of halogens is 1. The first kappa shape index (κ1) is 14.7. The molecule has 100 valence electrons. The second kappa shape index (κ2) is 7.17. The van der Waals surface area contributed by atoms with E-state index in [-0.39, 0.29) is 17.4 Å². The van der Waals surface area contributed by atoms with Gasteiger partial charge in [0.05, 0.1) is 5.56 Å². The first-order valence-electron chi connectivity index (χ1n) is 5.59. The number of nitrogens with one attached hydrogen (secondary N) is 2. The van der Waals surface area contributed by atoms with Crippen LogP contribution < -0.4 is 16.6 Å². The Morgan fingerprint density at radius 3 is 3.00 bits per heavy atom. The van der Waals surface area contributed by atoms with Crippen molar-refractivity contribution in [2.45, 2.75) is 19.9 Å². The minimum atomic E-state index is -0.743. The Hall–Kier alpha value is -1.34. The number of hydrogen-bond donors (Lipinski definition) is 3. The number of anilines is 1. The van der Waals surface area contributed by atoms with Gasteiger partial charge in [-0.25, -0.2) is 15.2 Å². The fourth-order valence-electron chi connectivity index (χ4n) is 1.36. The quantitative estimate of drug-likeness (QED) is 0.538. The lowest BCUT2D eigenvalue weighted by Gasteiger charge is -2.14. The van der Waals surface area contributed by atoms with Crippen LogP contribution in [0.4, 0.5) is 10.2 Å². The molecule has 1 unspecified atom stereocenters. The molecule has 0 aliphatic heterocycles. The Bertz CT molecular complexity index is 416. The number of carbonyl (C=O) groups is 1. The molecule has 0 radical (unpaired) electrons. The van der Waals surface area contributed by atoms with E-state index in [2.05, 4.69) is 15.7 Å². The third kappa shape index (κ3) is 3.85. The fraction of sp³-hybridized carbons (Fsp3) is 0.455. The van der Waals surface area contributed by atoms with Crippen molar-refractivity contribution in [2.75, 3.05) is 16.9 Å². The first-order chi connectivity index (χ1) is 8.60. The second-order valence-corrected chi connectivity index (χ2v) is 5.02. The number of aromatic nitrogens is 1. The predicted molar refractivity (Wildman–Crippen MR) is 71.9 cm³/mol. The molecular formula is C11H17FN4OS. The minimum absolute atomic E-state index is 0.0238. The Kier molecular flexibility index (Phi) is 5.87. The number of rotatable bonds is 6. The largest absolute Gasteiger partial charge is 0.349 e. The van der Waals surface area contributed by atoms with E-state index < -0.39 is 11.7 Å². The van der Waals surface area contributed by atoms with E-state index in [1.54, 1.807) is 11.8 Å². The number of hydrogen-bond acceptors (Lipinski definition) is 5. The highest BCUT2D eigenvalue weighted by molar-refractivity contribution is 7.99. The van der Waals surface area contributed by atoms with Gasteiger partial charge in [0.1, 0.15) is 0 Å². The van der Waals surface area contributed by atoms with Crippen LogP contribution in [0.15, 0.2) is 12.3 Å². The van der Waals surface area contributed by atoms with Crippen LogP contribution in [-0.2, 0) is 0 Å². The van der Waals surface area contributed by atoms with Crippen molar-refractivity contribution in [3.05, 3.63) is 23.6 Å². The number of nitrogens with two attached hydrogens (primary N) is 1. The Balaban J connectivity index is 2.72. The smallest absolute Gasteiger partial charge is 0.254 e.